The summed E-state index contributed by atoms with van der Waals surface area (Å²) in [5.74, 6) is 0. The van der Waals surface area contributed by atoms with E-state index >= 15 is 0 Å². The molecule has 0 aromatic rings. The van der Waals surface area contributed by atoms with Gasteiger partial charge in [0.2, 0.25) is 0 Å². The zero-order valence-corrected chi connectivity index (χ0v) is 14.9. The molecule has 1 heterocycles. The van der Waals surface area contributed by atoms with Crippen molar-refractivity contribution >= 4 is 11.8 Å². The van der Waals surface area contributed by atoms with Gasteiger partial charge in [0, 0.05) is 5.25 Å². The molecular weight excluding hydrogens is 300 g/mol. The minimum Gasteiger partial charge on any atom is -0.388 e. The van der Waals surface area contributed by atoms with Gasteiger partial charge >= 0.3 is 0 Å². The summed E-state index contributed by atoms with van der Waals surface area (Å²) >= 11 is 1.61. The van der Waals surface area contributed by atoms with Crippen LogP contribution in [-0.2, 0) is 4.74 Å². The molecule has 0 aromatic heterocycles. The lowest BCUT2D eigenvalue weighted by Crippen LogP contribution is -2.52. The third-order valence-electron chi connectivity index (χ3n) is 4.37. The summed E-state index contributed by atoms with van der Waals surface area (Å²) in [4.78, 5) is 0. The lowest BCUT2D eigenvalue weighted by molar-refractivity contribution is -0.161. The molecule has 1 aliphatic heterocycles. The molecule has 3 N–H and O–H groups in total. The van der Waals surface area contributed by atoms with E-state index in [1.807, 2.05) is 0 Å². The van der Waals surface area contributed by atoms with E-state index in [9.17, 15) is 15.3 Å². The predicted octanol–water partition coefficient (Wildman–Crippen LogP) is 3.08. The van der Waals surface area contributed by atoms with E-state index in [-0.39, 0.29) is 6.61 Å². The highest BCUT2D eigenvalue weighted by Crippen LogP contribution is 2.32. The van der Waals surface area contributed by atoms with Gasteiger partial charge in [-0.25, -0.2) is 0 Å². The van der Waals surface area contributed by atoms with E-state index < -0.39 is 23.7 Å². The monoisotopic (exact) mass is 334 g/mol. The zero-order valence-electron chi connectivity index (χ0n) is 14.1. The first-order valence-corrected chi connectivity index (χ1v) is 9.85. The first-order valence-electron chi connectivity index (χ1n) is 8.91. The van der Waals surface area contributed by atoms with Crippen molar-refractivity contribution in [2.75, 3.05) is 6.61 Å². The maximum atomic E-state index is 9.99. The fourth-order valence-corrected chi connectivity index (χ4v) is 4.14. The van der Waals surface area contributed by atoms with Crippen LogP contribution in [-0.4, -0.2) is 50.9 Å². The van der Waals surface area contributed by atoms with Crippen LogP contribution in [0.15, 0.2) is 0 Å². The van der Waals surface area contributed by atoms with Gasteiger partial charge in [-0.15, -0.1) is 11.8 Å². The number of hydrogen-bond acceptors (Lipinski definition) is 5. The second-order valence-corrected chi connectivity index (χ2v) is 7.73. The van der Waals surface area contributed by atoms with Gasteiger partial charge in [-0.05, 0) is 12.8 Å². The van der Waals surface area contributed by atoms with Gasteiger partial charge in [-0.2, -0.15) is 0 Å². The SMILES string of the molecule is CCCCCCCCCC(CC)SC1OC[C@@H](O)[C@H](O)[C@H]1O. The average Bonchev–Trinajstić information content (AvgIpc) is 2.53. The van der Waals surface area contributed by atoms with E-state index in [0.29, 0.717) is 5.25 Å². The summed E-state index contributed by atoms with van der Waals surface area (Å²) in [6.07, 6.45) is 8.21. The highest BCUT2D eigenvalue weighted by Gasteiger charge is 2.38. The number of thioether (sulfide) groups is 1. The zero-order chi connectivity index (χ0) is 16.4. The molecule has 1 rings (SSSR count). The standard InChI is InChI=1S/C17H34O4S/c1-3-5-6-7-8-9-10-11-13(4-2)22-17-16(20)15(19)14(18)12-21-17/h13-20H,3-12H2,1-2H3/t13?,14-,15+,16-,17?/m1/s1. The maximum Gasteiger partial charge on any atom is 0.132 e. The summed E-state index contributed by atoms with van der Waals surface area (Å²) < 4.78 is 5.48. The molecule has 0 saturated carbocycles. The lowest BCUT2D eigenvalue weighted by atomic mass is 10.1. The molecule has 1 saturated heterocycles. The molecule has 1 aliphatic rings. The largest absolute Gasteiger partial charge is 0.388 e. The van der Waals surface area contributed by atoms with Crippen molar-refractivity contribution in [1.82, 2.24) is 0 Å². The summed E-state index contributed by atoms with van der Waals surface area (Å²) in [7, 11) is 0. The average molecular weight is 335 g/mol. The van der Waals surface area contributed by atoms with E-state index in [1.54, 1.807) is 11.8 Å². The van der Waals surface area contributed by atoms with Gasteiger partial charge in [0.15, 0.2) is 0 Å². The molecule has 4 nitrogen and oxygen atoms in total. The first-order chi connectivity index (χ1) is 10.6. The van der Waals surface area contributed by atoms with Crippen LogP contribution in [0.3, 0.4) is 0 Å². The predicted molar refractivity (Wildman–Crippen MR) is 92.0 cm³/mol. The van der Waals surface area contributed by atoms with Crippen LogP contribution in [0.2, 0.25) is 0 Å². The third-order valence-corrected chi connectivity index (χ3v) is 6.00. The van der Waals surface area contributed by atoms with E-state index in [1.165, 1.54) is 44.9 Å². The number of aliphatic hydroxyl groups excluding tert-OH is 3. The number of rotatable bonds is 11. The Morgan fingerprint density at radius 3 is 2.23 bits per heavy atom. The maximum absolute atomic E-state index is 9.99. The lowest BCUT2D eigenvalue weighted by Gasteiger charge is -2.36. The van der Waals surface area contributed by atoms with Crippen molar-refractivity contribution in [3.05, 3.63) is 0 Å². The number of aliphatic hydroxyl groups is 3. The molecule has 5 atom stereocenters. The third kappa shape index (κ3) is 7.18. The molecule has 132 valence electrons. The summed E-state index contributed by atoms with van der Waals surface area (Å²) in [5, 5.41) is 29.6. The van der Waals surface area contributed by atoms with Crippen LogP contribution < -0.4 is 0 Å². The number of hydrogen-bond donors (Lipinski definition) is 3. The molecule has 22 heavy (non-hydrogen) atoms. The van der Waals surface area contributed by atoms with Crippen molar-refractivity contribution in [3.63, 3.8) is 0 Å². The van der Waals surface area contributed by atoms with Gasteiger partial charge in [0.25, 0.3) is 0 Å². The van der Waals surface area contributed by atoms with Crippen LogP contribution in [0.25, 0.3) is 0 Å². The van der Waals surface area contributed by atoms with Crippen molar-refractivity contribution in [2.24, 2.45) is 0 Å². The topological polar surface area (TPSA) is 69.9 Å². The van der Waals surface area contributed by atoms with Gasteiger partial charge in [-0.3, -0.25) is 0 Å². The van der Waals surface area contributed by atoms with Crippen LogP contribution >= 0.6 is 11.8 Å². The minimum atomic E-state index is -1.10. The second-order valence-electron chi connectivity index (χ2n) is 6.33. The second kappa shape index (κ2) is 11.7. The van der Waals surface area contributed by atoms with Gasteiger partial charge < -0.3 is 20.1 Å². The highest BCUT2D eigenvalue weighted by atomic mass is 32.2. The Bertz CT molecular complexity index is 277. The summed E-state index contributed by atoms with van der Waals surface area (Å²) in [6.45, 7) is 4.49. The molecular formula is C17H34O4S. The first kappa shape index (κ1) is 20.2. The van der Waals surface area contributed by atoms with Crippen molar-refractivity contribution in [1.29, 1.82) is 0 Å². The van der Waals surface area contributed by atoms with E-state index in [2.05, 4.69) is 13.8 Å². The van der Waals surface area contributed by atoms with Crippen LogP contribution in [0.5, 0.6) is 0 Å². The fraction of sp³-hybridized carbons (Fsp3) is 1.00. The Hall–Kier alpha value is 0.190. The molecule has 0 bridgehead atoms. The smallest absolute Gasteiger partial charge is 0.132 e. The van der Waals surface area contributed by atoms with Crippen LogP contribution in [0, 0.1) is 0 Å². The normalized spacial score (nSPS) is 30.4. The Kier molecular flexibility index (Phi) is 10.7. The fourth-order valence-electron chi connectivity index (χ4n) is 2.79. The van der Waals surface area contributed by atoms with E-state index in [0.717, 1.165) is 12.8 Å². The number of unbranched alkanes of at least 4 members (excludes halogenated alkanes) is 6. The van der Waals surface area contributed by atoms with Crippen LogP contribution in [0.4, 0.5) is 0 Å². The molecule has 0 aromatic carbocycles. The molecule has 0 radical (unpaired) electrons. The van der Waals surface area contributed by atoms with Gasteiger partial charge in [-0.1, -0.05) is 58.8 Å². The Morgan fingerprint density at radius 2 is 1.59 bits per heavy atom. The van der Waals surface area contributed by atoms with E-state index in [4.69, 9.17) is 4.74 Å². The summed E-state index contributed by atoms with van der Waals surface area (Å²) in [6, 6.07) is 0. The molecule has 5 heteroatoms. The molecule has 0 spiro atoms. The van der Waals surface area contributed by atoms with Crippen LogP contribution in [0.1, 0.15) is 71.6 Å². The quantitative estimate of drug-likeness (QED) is 0.507. The van der Waals surface area contributed by atoms with Crippen molar-refractivity contribution in [3.8, 4) is 0 Å². The number of ether oxygens (including phenoxy) is 1. The Labute approximate surface area is 139 Å². The molecule has 0 amide bonds. The van der Waals surface area contributed by atoms with Gasteiger partial charge in [0.05, 0.1) is 6.61 Å². The Morgan fingerprint density at radius 1 is 0.955 bits per heavy atom. The van der Waals surface area contributed by atoms with Gasteiger partial charge in [0.1, 0.15) is 23.7 Å². The molecule has 1 fully saturated rings. The minimum absolute atomic E-state index is 0.101. The highest BCUT2D eigenvalue weighted by molar-refractivity contribution is 8.00. The summed E-state index contributed by atoms with van der Waals surface area (Å²) in [5.41, 5.74) is -0.423. The Balaban J connectivity index is 2.19. The molecule has 0 aliphatic carbocycles. The van der Waals surface area contributed by atoms with Crippen molar-refractivity contribution < 1.29 is 20.1 Å². The molecule has 2 unspecified atom stereocenters. The van der Waals surface area contributed by atoms with Crippen molar-refractivity contribution in [2.45, 2.75) is 101 Å².